The van der Waals surface area contributed by atoms with Gasteiger partial charge in [0.2, 0.25) is 0 Å². The van der Waals surface area contributed by atoms with E-state index < -0.39 is 5.97 Å². The standard InChI is InChI=1S/C10H17N3O3/c1-3-13(7-8(2)6-11)10(16)12-5-4-9(14)15/h8H,3-5,7H2,1-2H3,(H,12,16)(H,14,15). The van der Waals surface area contributed by atoms with Crippen molar-refractivity contribution in [2.75, 3.05) is 19.6 Å². The van der Waals surface area contributed by atoms with Crippen LogP contribution in [0, 0.1) is 17.2 Å². The lowest BCUT2D eigenvalue weighted by Crippen LogP contribution is -2.42. The van der Waals surface area contributed by atoms with Crippen LogP contribution >= 0.6 is 0 Å². The average molecular weight is 227 g/mol. The van der Waals surface area contributed by atoms with Gasteiger partial charge in [-0.2, -0.15) is 5.26 Å². The maximum atomic E-state index is 11.5. The monoisotopic (exact) mass is 227 g/mol. The number of rotatable bonds is 6. The number of urea groups is 1. The highest BCUT2D eigenvalue weighted by molar-refractivity contribution is 5.75. The van der Waals surface area contributed by atoms with Crippen molar-refractivity contribution < 1.29 is 14.7 Å². The largest absolute Gasteiger partial charge is 0.481 e. The summed E-state index contributed by atoms with van der Waals surface area (Å²) in [6, 6.07) is 1.72. The summed E-state index contributed by atoms with van der Waals surface area (Å²) >= 11 is 0. The van der Waals surface area contributed by atoms with Crippen molar-refractivity contribution in [1.29, 1.82) is 5.26 Å². The third-order valence-corrected chi connectivity index (χ3v) is 2.00. The molecule has 2 amide bonds. The fraction of sp³-hybridized carbons (Fsp3) is 0.700. The number of nitrogens with zero attached hydrogens (tertiary/aromatic N) is 2. The minimum absolute atomic E-state index is 0.100. The van der Waals surface area contributed by atoms with Gasteiger partial charge in [0.05, 0.1) is 18.4 Å². The molecule has 0 aromatic heterocycles. The van der Waals surface area contributed by atoms with E-state index >= 15 is 0 Å². The van der Waals surface area contributed by atoms with Crippen LogP contribution in [0.5, 0.6) is 0 Å². The Kier molecular flexibility index (Phi) is 6.68. The minimum atomic E-state index is -0.950. The molecule has 1 atom stereocenters. The molecule has 0 bridgehead atoms. The van der Waals surface area contributed by atoms with Crippen LogP contribution < -0.4 is 5.32 Å². The molecule has 1 unspecified atom stereocenters. The molecule has 0 saturated carbocycles. The summed E-state index contributed by atoms with van der Waals surface area (Å²) in [5.41, 5.74) is 0. The number of carbonyl (C=O) groups is 2. The fourth-order valence-electron chi connectivity index (χ4n) is 1.12. The molecule has 2 N–H and O–H groups in total. The molecule has 6 heteroatoms. The highest BCUT2D eigenvalue weighted by Gasteiger charge is 2.14. The van der Waals surface area contributed by atoms with Crippen molar-refractivity contribution in [2.24, 2.45) is 5.92 Å². The van der Waals surface area contributed by atoms with E-state index in [-0.39, 0.29) is 24.9 Å². The van der Waals surface area contributed by atoms with Crippen LogP contribution in [0.1, 0.15) is 20.3 Å². The predicted octanol–water partition coefficient (Wildman–Crippen LogP) is 0.652. The molecule has 0 aliphatic rings. The van der Waals surface area contributed by atoms with Crippen molar-refractivity contribution in [1.82, 2.24) is 10.2 Å². The molecule has 0 spiro atoms. The highest BCUT2D eigenvalue weighted by atomic mass is 16.4. The van der Waals surface area contributed by atoms with Gasteiger partial charge in [-0.05, 0) is 13.8 Å². The maximum absolute atomic E-state index is 11.5. The van der Waals surface area contributed by atoms with Gasteiger partial charge in [-0.1, -0.05) is 0 Å². The Bertz CT molecular complexity index is 286. The van der Waals surface area contributed by atoms with Crippen LogP contribution in [-0.2, 0) is 4.79 Å². The number of carboxylic acids is 1. The summed E-state index contributed by atoms with van der Waals surface area (Å²) in [5.74, 6) is -1.18. The van der Waals surface area contributed by atoms with Gasteiger partial charge in [0.1, 0.15) is 0 Å². The predicted molar refractivity (Wildman–Crippen MR) is 57.7 cm³/mol. The Balaban J connectivity index is 4.02. The van der Waals surface area contributed by atoms with Crippen molar-refractivity contribution in [2.45, 2.75) is 20.3 Å². The number of aliphatic carboxylic acids is 1. The van der Waals surface area contributed by atoms with Gasteiger partial charge in [0.25, 0.3) is 0 Å². The van der Waals surface area contributed by atoms with Crippen molar-refractivity contribution in [3.63, 3.8) is 0 Å². The Hall–Kier alpha value is -1.77. The number of hydrogen-bond donors (Lipinski definition) is 2. The van der Waals surface area contributed by atoms with Crippen molar-refractivity contribution >= 4 is 12.0 Å². The van der Waals surface area contributed by atoms with Crippen molar-refractivity contribution in [3.05, 3.63) is 0 Å². The second-order valence-electron chi connectivity index (χ2n) is 3.44. The molecule has 0 heterocycles. The van der Waals surface area contributed by atoms with Crippen LogP contribution in [0.2, 0.25) is 0 Å². The number of hydrogen-bond acceptors (Lipinski definition) is 3. The Labute approximate surface area is 94.8 Å². The summed E-state index contributed by atoms with van der Waals surface area (Å²) in [6.45, 7) is 4.48. The molecule has 0 aromatic carbocycles. The van der Waals surface area contributed by atoms with Crippen LogP contribution in [-0.4, -0.2) is 41.6 Å². The number of nitriles is 1. The minimum Gasteiger partial charge on any atom is -0.481 e. The first-order valence-corrected chi connectivity index (χ1v) is 5.15. The summed E-state index contributed by atoms with van der Waals surface area (Å²) in [4.78, 5) is 23.2. The normalized spacial score (nSPS) is 11.3. The average Bonchev–Trinajstić information content (AvgIpc) is 2.24. The molecular weight excluding hydrogens is 210 g/mol. The summed E-state index contributed by atoms with van der Waals surface area (Å²) < 4.78 is 0. The number of carboxylic acid groups (broad SMARTS) is 1. The molecular formula is C10H17N3O3. The Morgan fingerprint density at radius 2 is 2.19 bits per heavy atom. The lowest BCUT2D eigenvalue weighted by Gasteiger charge is -2.22. The molecule has 0 fully saturated rings. The topological polar surface area (TPSA) is 93.4 Å². The summed E-state index contributed by atoms with van der Waals surface area (Å²) in [5, 5.41) is 19.5. The smallest absolute Gasteiger partial charge is 0.317 e. The molecule has 0 aliphatic heterocycles. The first-order chi connectivity index (χ1) is 7.51. The van der Waals surface area contributed by atoms with Gasteiger partial charge >= 0.3 is 12.0 Å². The van der Waals surface area contributed by atoms with Gasteiger partial charge in [-0.25, -0.2) is 4.79 Å². The SMILES string of the molecule is CCN(CC(C)C#N)C(=O)NCCC(=O)O. The lowest BCUT2D eigenvalue weighted by molar-refractivity contribution is -0.136. The molecule has 0 aliphatic carbocycles. The molecule has 6 nitrogen and oxygen atoms in total. The quantitative estimate of drug-likeness (QED) is 0.696. The molecule has 0 radical (unpaired) electrons. The first-order valence-electron chi connectivity index (χ1n) is 5.15. The number of nitrogens with one attached hydrogen (secondary N) is 1. The molecule has 0 saturated heterocycles. The second kappa shape index (κ2) is 7.51. The summed E-state index contributed by atoms with van der Waals surface area (Å²) in [6.07, 6.45) is -0.100. The van der Waals surface area contributed by atoms with Gasteiger partial charge in [0, 0.05) is 19.6 Å². The van der Waals surface area contributed by atoms with E-state index in [4.69, 9.17) is 10.4 Å². The van der Waals surface area contributed by atoms with E-state index in [1.165, 1.54) is 4.90 Å². The Morgan fingerprint density at radius 1 is 1.56 bits per heavy atom. The fourth-order valence-corrected chi connectivity index (χ4v) is 1.12. The Morgan fingerprint density at radius 3 is 2.62 bits per heavy atom. The van der Waals surface area contributed by atoms with Gasteiger partial charge < -0.3 is 15.3 Å². The first kappa shape index (κ1) is 14.2. The molecule has 0 aromatic rings. The van der Waals surface area contributed by atoms with E-state index in [0.29, 0.717) is 13.1 Å². The van der Waals surface area contributed by atoms with Gasteiger partial charge in [-0.3, -0.25) is 4.79 Å². The third-order valence-electron chi connectivity index (χ3n) is 2.00. The number of amides is 2. The lowest BCUT2D eigenvalue weighted by atomic mass is 10.2. The number of carbonyl (C=O) groups excluding carboxylic acids is 1. The summed E-state index contributed by atoms with van der Waals surface area (Å²) in [7, 11) is 0. The van der Waals surface area contributed by atoms with E-state index in [2.05, 4.69) is 5.32 Å². The van der Waals surface area contributed by atoms with Crippen LogP contribution in [0.25, 0.3) is 0 Å². The zero-order valence-corrected chi connectivity index (χ0v) is 9.56. The van der Waals surface area contributed by atoms with E-state index in [1.54, 1.807) is 13.8 Å². The van der Waals surface area contributed by atoms with Crippen LogP contribution in [0.3, 0.4) is 0 Å². The molecule has 90 valence electrons. The van der Waals surface area contributed by atoms with Crippen LogP contribution in [0.4, 0.5) is 4.79 Å². The van der Waals surface area contributed by atoms with Gasteiger partial charge in [-0.15, -0.1) is 0 Å². The second-order valence-corrected chi connectivity index (χ2v) is 3.44. The zero-order valence-electron chi connectivity index (χ0n) is 9.56. The maximum Gasteiger partial charge on any atom is 0.317 e. The van der Waals surface area contributed by atoms with Gasteiger partial charge in [0.15, 0.2) is 0 Å². The zero-order chi connectivity index (χ0) is 12.6. The van der Waals surface area contributed by atoms with E-state index in [0.717, 1.165) is 0 Å². The van der Waals surface area contributed by atoms with E-state index in [9.17, 15) is 9.59 Å². The van der Waals surface area contributed by atoms with E-state index in [1.807, 2.05) is 6.07 Å². The highest BCUT2D eigenvalue weighted by Crippen LogP contribution is 1.98. The molecule has 0 rings (SSSR count). The third kappa shape index (κ3) is 5.86. The van der Waals surface area contributed by atoms with Crippen LogP contribution in [0.15, 0.2) is 0 Å². The molecule has 16 heavy (non-hydrogen) atoms. The van der Waals surface area contributed by atoms with Crippen molar-refractivity contribution in [3.8, 4) is 6.07 Å².